The summed E-state index contributed by atoms with van der Waals surface area (Å²) in [5.74, 6) is 0.0538. The minimum atomic E-state index is -4.41. The first-order chi connectivity index (χ1) is 18.8. The molecule has 1 N–H and O–H groups in total. The number of ether oxygens (including phenoxy) is 2. The molecular weight excluding hydrogens is 565 g/mol. The molecule has 1 aliphatic heterocycles. The molecule has 0 aliphatic carbocycles. The molecule has 0 bridgehead atoms. The summed E-state index contributed by atoms with van der Waals surface area (Å²) in [6.07, 6.45) is 6.87. The van der Waals surface area contributed by atoms with Crippen LogP contribution < -0.4 is 19.1 Å². The third-order valence-electron chi connectivity index (χ3n) is 6.63. The normalized spacial score (nSPS) is 13.9. The highest BCUT2D eigenvalue weighted by Gasteiger charge is 2.32. The molecule has 39 heavy (non-hydrogen) atoms. The van der Waals surface area contributed by atoms with E-state index in [9.17, 15) is 8.42 Å². The van der Waals surface area contributed by atoms with Crippen LogP contribution in [0.5, 0.6) is 11.5 Å². The Kier molecular flexibility index (Phi) is 10.2. The number of nitrogens with one attached hydrogen (secondary N) is 1. The van der Waals surface area contributed by atoms with Gasteiger partial charge in [-0.05, 0) is 69.6 Å². The van der Waals surface area contributed by atoms with Gasteiger partial charge in [-0.25, -0.2) is 22.1 Å². The van der Waals surface area contributed by atoms with Crippen molar-refractivity contribution in [3.63, 3.8) is 0 Å². The third kappa shape index (κ3) is 7.30. The predicted molar refractivity (Wildman–Crippen MR) is 152 cm³/mol. The number of anilines is 2. The largest absolute Gasteiger partial charge is 0.497 e. The fraction of sp³-hybridized carbons (Fsp3) is 0.462. The molecule has 0 amide bonds. The summed E-state index contributed by atoms with van der Waals surface area (Å²) in [5, 5.41) is 3.34. The fourth-order valence-corrected chi connectivity index (χ4v) is 7.02. The lowest BCUT2D eigenvalue weighted by Crippen LogP contribution is -2.31. The van der Waals surface area contributed by atoms with Gasteiger partial charge in [-0.15, -0.1) is 0 Å². The first-order valence-electron chi connectivity index (χ1n) is 12.8. The van der Waals surface area contributed by atoms with Crippen LogP contribution in [-0.4, -0.2) is 63.1 Å². The number of halogens is 2. The maximum Gasteiger partial charge on any atom is 0.269 e. The number of hydrogen-bond donors (Lipinski definition) is 1. The van der Waals surface area contributed by atoms with E-state index in [0.717, 1.165) is 53.8 Å². The van der Waals surface area contributed by atoms with E-state index in [1.54, 1.807) is 18.2 Å². The van der Waals surface area contributed by atoms with Crippen LogP contribution in [0.25, 0.3) is 0 Å². The number of aromatic nitrogens is 2. The van der Waals surface area contributed by atoms with Gasteiger partial charge in [-0.3, -0.25) is 0 Å². The van der Waals surface area contributed by atoms with Gasteiger partial charge in [0.25, 0.3) is 10.0 Å². The van der Waals surface area contributed by atoms with E-state index in [0.29, 0.717) is 29.3 Å². The second-order valence-corrected chi connectivity index (χ2v) is 12.2. The van der Waals surface area contributed by atoms with Crippen LogP contribution in [0.4, 0.5) is 15.2 Å². The summed E-state index contributed by atoms with van der Waals surface area (Å²) in [4.78, 5) is 6.00. The van der Waals surface area contributed by atoms with Crippen molar-refractivity contribution in [3.8, 4) is 11.5 Å². The molecule has 0 radical (unpaired) electrons. The molecule has 0 spiro atoms. The molecule has 9 nitrogen and oxygen atoms in total. The standard InChI is InChI=1S/C26H33ClFN5O4S2/c1-36-20-9-8-19(24(14-20)37-2)17-33(26-30-18-31-38-26)39(34,35)25-15-21(27)23(16-22(25)28)29-10-4-3-5-11-32-12-6-7-13-32/h8-9,14-16,18,29H,3-7,10-13,17H2,1-2H3. The second kappa shape index (κ2) is 13.6. The van der Waals surface area contributed by atoms with Gasteiger partial charge < -0.3 is 19.7 Å². The lowest BCUT2D eigenvalue weighted by molar-refractivity contribution is 0.329. The van der Waals surface area contributed by atoms with Crippen molar-refractivity contribution < 1.29 is 22.3 Å². The van der Waals surface area contributed by atoms with Crippen LogP contribution in [0.2, 0.25) is 5.02 Å². The van der Waals surface area contributed by atoms with Gasteiger partial charge in [0.2, 0.25) is 5.13 Å². The topological polar surface area (TPSA) is 96.9 Å². The summed E-state index contributed by atoms with van der Waals surface area (Å²) < 4.78 is 58.4. The minimum Gasteiger partial charge on any atom is -0.497 e. The van der Waals surface area contributed by atoms with E-state index in [1.165, 1.54) is 46.5 Å². The maximum atomic E-state index is 15.3. The summed E-state index contributed by atoms with van der Waals surface area (Å²) in [7, 11) is -1.42. The van der Waals surface area contributed by atoms with Crippen molar-refractivity contribution in [2.45, 2.75) is 43.5 Å². The zero-order chi connectivity index (χ0) is 27.8. The Bertz CT molecular complexity index is 1340. The van der Waals surface area contributed by atoms with Crippen LogP contribution in [0.3, 0.4) is 0 Å². The zero-order valence-corrected chi connectivity index (χ0v) is 24.4. The maximum absolute atomic E-state index is 15.3. The first-order valence-corrected chi connectivity index (χ1v) is 15.4. The van der Waals surface area contributed by atoms with Crippen LogP contribution in [0, 0.1) is 5.82 Å². The first kappa shape index (κ1) is 29.3. The molecule has 1 fully saturated rings. The number of sulfonamides is 1. The van der Waals surface area contributed by atoms with E-state index >= 15 is 4.39 Å². The average Bonchev–Trinajstić information content (AvgIpc) is 3.65. The number of nitrogens with zero attached hydrogens (tertiary/aromatic N) is 4. The van der Waals surface area contributed by atoms with Gasteiger partial charge in [0.05, 0.1) is 31.5 Å². The molecule has 1 aliphatic rings. The highest BCUT2D eigenvalue weighted by atomic mass is 35.5. The SMILES string of the molecule is COc1ccc(CN(c2ncns2)S(=O)(=O)c2cc(Cl)c(NCCCCCN3CCCC3)cc2F)c(OC)c1. The quantitative estimate of drug-likeness (QED) is 0.246. The monoisotopic (exact) mass is 597 g/mol. The molecule has 1 aromatic heterocycles. The number of benzene rings is 2. The van der Waals surface area contributed by atoms with Crippen LogP contribution >= 0.6 is 23.1 Å². The van der Waals surface area contributed by atoms with Gasteiger partial charge in [-0.1, -0.05) is 18.0 Å². The molecule has 2 aromatic carbocycles. The van der Waals surface area contributed by atoms with E-state index < -0.39 is 20.7 Å². The molecular formula is C26H33ClFN5O4S2. The average molecular weight is 598 g/mol. The number of hydrogen-bond acceptors (Lipinski definition) is 9. The molecule has 212 valence electrons. The van der Waals surface area contributed by atoms with Crippen molar-refractivity contribution in [2.75, 3.05) is 50.0 Å². The van der Waals surface area contributed by atoms with Crippen LogP contribution in [0.15, 0.2) is 41.6 Å². The minimum absolute atomic E-state index is 0.0829. The summed E-state index contributed by atoms with van der Waals surface area (Å²) in [6, 6.07) is 7.28. The molecule has 0 unspecified atom stereocenters. The van der Waals surface area contributed by atoms with Crippen molar-refractivity contribution in [1.29, 1.82) is 0 Å². The Morgan fingerprint density at radius 1 is 1.13 bits per heavy atom. The Balaban J connectivity index is 1.49. The molecule has 2 heterocycles. The lowest BCUT2D eigenvalue weighted by atomic mass is 10.2. The summed E-state index contributed by atoms with van der Waals surface area (Å²) in [6.45, 7) is 3.92. The molecule has 0 atom stereocenters. The molecule has 4 rings (SSSR count). The Morgan fingerprint density at radius 3 is 2.62 bits per heavy atom. The number of unbranched alkanes of at least 4 members (excludes halogenated alkanes) is 2. The van der Waals surface area contributed by atoms with Gasteiger partial charge in [-0.2, -0.15) is 4.37 Å². The van der Waals surface area contributed by atoms with Gasteiger partial charge in [0.15, 0.2) is 0 Å². The smallest absolute Gasteiger partial charge is 0.269 e. The summed E-state index contributed by atoms with van der Waals surface area (Å²) in [5.41, 5.74) is 0.888. The molecule has 1 saturated heterocycles. The Hall–Kier alpha value is -2.67. The second-order valence-electron chi connectivity index (χ2n) is 9.21. The van der Waals surface area contributed by atoms with E-state index in [1.807, 2.05) is 0 Å². The Morgan fingerprint density at radius 2 is 1.92 bits per heavy atom. The third-order valence-corrected chi connectivity index (χ3v) is 9.49. The number of methoxy groups -OCH3 is 2. The van der Waals surface area contributed by atoms with Crippen molar-refractivity contribution >= 4 is 44.0 Å². The van der Waals surface area contributed by atoms with E-state index in [4.69, 9.17) is 21.1 Å². The van der Waals surface area contributed by atoms with Crippen LogP contribution in [-0.2, 0) is 16.6 Å². The molecule has 3 aromatic rings. The predicted octanol–water partition coefficient (Wildman–Crippen LogP) is 5.42. The van der Waals surface area contributed by atoms with Gasteiger partial charge in [0, 0.05) is 29.7 Å². The van der Waals surface area contributed by atoms with Crippen molar-refractivity contribution in [3.05, 3.63) is 53.1 Å². The zero-order valence-electron chi connectivity index (χ0n) is 22.0. The Labute approximate surface area is 238 Å². The highest BCUT2D eigenvalue weighted by molar-refractivity contribution is 7.93. The lowest BCUT2D eigenvalue weighted by Gasteiger charge is -2.23. The number of likely N-dealkylation sites (tertiary alicyclic amines) is 1. The van der Waals surface area contributed by atoms with Crippen molar-refractivity contribution in [1.82, 2.24) is 14.3 Å². The van der Waals surface area contributed by atoms with Gasteiger partial charge >= 0.3 is 0 Å². The van der Waals surface area contributed by atoms with E-state index in [-0.39, 0.29) is 16.7 Å². The molecule has 0 saturated carbocycles. The van der Waals surface area contributed by atoms with E-state index in [2.05, 4.69) is 19.6 Å². The van der Waals surface area contributed by atoms with Crippen molar-refractivity contribution in [2.24, 2.45) is 0 Å². The highest BCUT2D eigenvalue weighted by Crippen LogP contribution is 2.35. The molecule has 13 heteroatoms. The summed E-state index contributed by atoms with van der Waals surface area (Å²) >= 11 is 7.31. The number of rotatable bonds is 14. The van der Waals surface area contributed by atoms with Gasteiger partial charge in [0.1, 0.15) is 28.5 Å². The fourth-order valence-electron chi connectivity index (χ4n) is 4.52. The van der Waals surface area contributed by atoms with Crippen LogP contribution in [0.1, 0.15) is 37.7 Å².